The average molecular weight is 465 g/mol. The van der Waals surface area contributed by atoms with Crippen LogP contribution in [0.5, 0.6) is 0 Å². The van der Waals surface area contributed by atoms with Crippen molar-refractivity contribution in [3.63, 3.8) is 0 Å². The molecule has 0 saturated heterocycles. The monoisotopic (exact) mass is 464 g/mol. The van der Waals surface area contributed by atoms with Crippen LogP contribution >= 0.6 is 0 Å². The largest absolute Gasteiger partial charge is 0.463 e. The number of unbranched alkanes of at least 4 members (excludes halogenated alkanes) is 4. The van der Waals surface area contributed by atoms with Gasteiger partial charge in [0.05, 0.1) is 37.5 Å². The highest BCUT2D eigenvalue weighted by Crippen LogP contribution is 2.31. The fourth-order valence-corrected chi connectivity index (χ4v) is 3.87. The maximum atomic E-state index is 11.8. The van der Waals surface area contributed by atoms with Crippen LogP contribution in [-0.2, 0) is 25.5 Å². The summed E-state index contributed by atoms with van der Waals surface area (Å²) in [5.41, 5.74) is 4.50. The third-order valence-electron chi connectivity index (χ3n) is 5.63. The first-order valence-corrected chi connectivity index (χ1v) is 12.2. The van der Waals surface area contributed by atoms with Crippen LogP contribution in [-0.4, -0.2) is 49.1 Å². The molecule has 1 aromatic heterocycles. The molecule has 182 valence electrons. The molecule has 0 spiro atoms. The summed E-state index contributed by atoms with van der Waals surface area (Å²) >= 11 is 0. The third-order valence-corrected chi connectivity index (χ3v) is 5.63. The maximum Gasteiger partial charge on any atom is 0.305 e. The number of carbonyl (C=O) groups is 1. The van der Waals surface area contributed by atoms with E-state index in [0.29, 0.717) is 32.8 Å². The fourth-order valence-electron chi connectivity index (χ4n) is 3.87. The van der Waals surface area contributed by atoms with Crippen molar-refractivity contribution in [1.29, 1.82) is 0 Å². The lowest BCUT2D eigenvalue weighted by atomic mass is 10.0. The number of benzene rings is 2. The highest BCUT2D eigenvalue weighted by molar-refractivity contribution is 5.78. The number of imidazole rings is 1. The van der Waals surface area contributed by atoms with Gasteiger partial charge in [0.2, 0.25) is 0 Å². The molecule has 0 amide bonds. The van der Waals surface area contributed by atoms with Gasteiger partial charge in [-0.25, -0.2) is 4.98 Å². The van der Waals surface area contributed by atoms with Crippen LogP contribution in [0.4, 0.5) is 0 Å². The van der Waals surface area contributed by atoms with Gasteiger partial charge in [-0.1, -0.05) is 79.9 Å². The normalized spacial score (nSPS) is 11.0. The fraction of sp³-hybridized carbons (Fsp3) is 0.429. The topological polar surface area (TPSA) is 62.6 Å². The predicted octanol–water partition coefficient (Wildman–Crippen LogP) is 5.76. The van der Waals surface area contributed by atoms with Gasteiger partial charge in [0.1, 0.15) is 6.61 Å². The van der Waals surface area contributed by atoms with E-state index in [9.17, 15) is 4.79 Å². The molecular formula is C28H36N2O4. The average Bonchev–Trinajstić information content (AvgIpc) is 3.30. The Bertz CT molecular complexity index is 957. The zero-order valence-electron chi connectivity index (χ0n) is 20.2. The lowest BCUT2D eigenvalue weighted by Crippen LogP contribution is -2.12. The van der Waals surface area contributed by atoms with E-state index < -0.39 is 0 Å². The van der Waals surface area contributed by atoms with E-state index in [1.807, 2.05) is 18.5 Å². The minimum Gasteiger partial charge on any atom is -0.463 e. The zero-order chi connectivity index (χ0) is 23.8. The third kappa shape index (κ3) is 8.43. The number of hydrogen-bond acceptors (Lipinski definition) is 5. The van der Waals surface area contributed by atoms with Gasteiger partial charge >= 0.3 is 5.97 Å². The van der Waals surface area contributed by atoms with Crippen molar-refractivity contribution in [2.24, 2.45) is 0 Å². The number of aryl methyl sites for hydroxylation is 1. The summed E-state index contributed by atoms with van der Waals surface area (Å²) in [7, 11) is 1.63. The van der Waals surface area contributed by atoms with Crippen molar-refractivity contribution in [3.8, 4) is 22.5 Å². The Kier molecular flexibility index (Phi) is 11.4. The van der Waals surface area contributed by atoms with Crippen LogP contribution in [0, 0.1) is 0 Å². The van der Waals surface area contributed by atoms with Crippen molar-refractivity contribution < 1.29 is 19.0 Å². The number of carbonyl (C=O) groups excluding carboxylic acids is 1. The van der Waals surface area contributed by atoms with Crippen molar-refractivity contribution in [2.75, 3.05) is 33.5 Å². The molecule has 6 heteroatoms. The zero-order valence-corrected chi connectivity index (χ0v) is 20.2. The molecule has 2 aromatic carbocycles. The van der Waals surface area contributed by atoms with Crippen LogP contribution < -0.4 is 0 Å². The predicted molar refractivity (Wildman–Crippen MR) is 134 cm³/mol. The molecule has 34 heavy (non-hydrogen) atoms. The number of aromatic nitrogens is 2. The standard InChI is InChI=1S/C28H36N2O4/c1-32-19-20-33-21-22-34-26(31)17-11-3-2-4-12-18-30-23-29-27(24-13-7-5-8-14-24)28(30)25-15-9-6-10-16-25/h5-10,13-16,23H,2-4,11-12,17-22H2,1H3. The quantitative estimate of drug-likeness (QED) is 0.199. The Morgan fingerprint density at radius 3 is 2.18 bits per heavy atom. The molecule has 0 radical (unpaired) electrons. The Labute approximate surface area is 202 Å². The second kappa shape index (κ2) is 15.0. The van der Waals surface area contributed by atoms with Gasteiger partial charge < -0.3 is 18.8 Å². The molecule has 0 bridgehead atoms. The van der Waals surface area contributed by atoms with Gasteiger partial charge in [-0.3, -0.25) is 4.79 Å². The first kappa shape index (κ1) is 25.7. The number of rotatable bonds is 16. The first-order chi connectivity index (χ1) is 16.8. The summed E-state index contributed by atoms with van der Waals surface area (Å²) in [6.07, 6.45) is 7.63. The Hall–Kier alpha value is -2.96. The SMILES string of the molecule is COCCOCCOC(=O)CCCCCCCn1cnc(-c2ccccc2)c1-c1ccccc1. The van der Waals surface area contributed by atoms with Crippen molar-refractivity contribution in [2.45, 2.75) is 45.1 Å². The molecule has 0 saturated carbocycles. The van der Waals surface area contributed by atoms with E-state index >= 15 is 0 Å². The van der Waals surface area contributed by atoms with E-state index in [1.165, 1.54) is 11.3 Å². The van der Waals surface area contributed by atoms with Gasteiger partial charge in [0.15, 0.2) is 0 Å². The van der Waals surface area contributed by atoms with E-state index in [1.54, 1.807) is 7.11 Å². The van der Waals surface area contributed by atoms with Gasteiger partial charge in [-0.2, -0.15) is 0 Å². The van der Waals surface area contributed by atoms with Crippen LogP contribution in [0.15, 0.2) is 67.0 Å². The number of esters is 1. The minimum absolute atomic E-state index is 0.144. The lowest BCUT2D eigenvalue weighted by molar-refractivity contribution is -0.145. The minimum atomic E-state index is -0.144. The highest BCUT2D eigenvalue weighted by Gasteiger charge is 2.14. The summed E-state index contributed by atoms with van der Waals surface area (Å²) in [6, 6.07) is 20.8. The molecule has 0 fully saturated rings. The molecule has 6 nitrogen and oxygen atoms in total. The van der Waals surface area contributed by atoms with Crippen molar-refractivity contribution >= 4 is 5.97 Å². The number of nitrogens with zero attached hydrogens (tertiary/aromatic N) is 2. The molecule has 3 aromatic rings. The smallest absolute Gasteiger partial charge is 0.305 e. The van der Waals surface area contributed by atoms with Crippen LogP contribution in [0.25, 0.3) is 22.5 Å². The van der Waals surface area contributed by atoms with Crippen molar-refractivity contribution in [3.05, 3.63) is 67.0 Å². The summed E-state index contributed by atoms with van der Waals surface area (Å²) in [5.74, 6) is -0.144. The molecule has 0 unspecified atom stereocenters. The van der Waals surface area contributed by atoms with E-state index in [-0.39, 0.29) is 5.97 Å². The second-order valence-electron chi connectivity index (χ2n) is 8.21. The summed E-state index contributed by atoms with van der Waals surface area (Å²) in [6.45, 7) is 2.72. The Morgan fingerprint density at radius 2 is 1.44 bits per heavy atom. The van der Waals surface area contributed by atoms with Gasteiger partial charge in [-0.05, 0) is 12.8 Å². The summed E-state index contributed by atoms with van der Waals surface area (Å²) < 4.78 is 17.6. The Balaban J connectivity index is 1.38. The Morgan fingerprint density at radius 1 is 0.794 bits per heavy atom. The summed E-state index contributed by atoms with van der Waals surface area (Å²) in [4.78, 5) is 16.5. The molecule has 0 atom stereocenters. The highest BCUT2D eigenvalue weighted by atomic mass is 16.6. The van der Waals surface area contributed by atoms with E-state index in [4.69, 9.17) is 19.2 Å². The first-order valence-electron chi connectivity index (χ1n) is 12.2. The maximum absolute atomic E-state index is 11.8. The molecule has 0 aliphatic rings. The van der Waals surface area contributed by atoms with Gasteiger partial charge in [0, 0.05) is 31.2 Å². The molecule has 0 N–H and O–H groups in total. The van der Waals surface area contributed by atoms with E-state index in [0.717, 1.165) is 49.9 Å². The molecule has 1 heterocycles. The molecular weight excluding hydrogens is 428 g/mol. The van der Waals surface area contributed by atoms with E-state index in [2.05, 4.69) is 53.1 Å². The van der Waals surface area contributed by atoms with Crippen LogP contribution in [0.2, 0.25) is 0 Å². The number of methoxy groups -OCH3 is 1. The van der Waals surface area contributed by atoms with Crippen LogP contribution in [0.3, 0.4) is 0 Å². The van der Waals surface area contributed by atoms with Crippen molar-refractivity contribution in [1.82, 2.24) is 9.55 Å². The molecule has 3 rings (SSSR count). The second-order valence-corrected chi connectivity index (χ2v) is 8.21. The van der Waals surface area contributed by atoms with Gasteiger partial charge in [-0.15, -0.1) is 0 Å². The lowest BCUT2D eigenvalue weighted by Gasteiger charge is -2.11. The van der Waals surface area contributed by atoms with Gasteiger partial charge in [0.25, 0.3) is 0 Å². The van der Waals surface area contributed by atoms with Crippen LogP contribution in [0.1, 0.15) is 38.5 Å². The number of hydrogen-bond donors (Lipinski definition) is 0. The molecule has 0 aliphatic carbocycles. The summed E-state index contributed by atoms with van der Waals surface area (Å²) in [5, 5.41) is 0. The molecule has 0 aliphatic heterocycles. The number of ether oxygens (including phenoxy) is 3.